The van der Waals surface area contributed by atoms with Gasteiger partial charge in [0.1, 0.15) is 18.2 Å². The van der Waals surface area contributed by atoms with Crippen molar-refractivity contribution in [1.82, 2.24) is 20.2 Å². The highest BCUT2D eigenvalue weighted by Gasteiger charge is 2.29. The van der Waals surface area contributed by atoms with Gasteiger partial charge in [-0.05, 0) is 58.3 Å². The number of nitrogens with zero attached hydrogens (tertiary/aromatic N) is 5. The average Bonchev–Trinajstić information content (AvgIpc) is 3.25. The molecule has 0 bridgehead atoms. The van der Waals surface area contributed by atoms with Gasteiger partial charge in [-0.15, -0.1) is 0 Å². The molecule has 2 fully saturated rings. The van der Waals surface area contributed by atoms with Gasteiger partial charge in [0, 0.05) is 55.6 Å². The number of hydrogen-bond donors (Lipinski definition) is 1. The van der Waals surface area contributed by atoms with Crippen LogP contribution in [0.3, 0.4) is 0 Å². The quantitative estimate of drug-likeness (QED) is 0.746. The van der Waals surface area contributed by atoms with E-state index < -0.39 is 0 Å². The first-order valence-electron chi connectivity index (χ1n) is 12.2. The third-order valence-electron chi connectivity index (χ3n) is 7.40. The number of halogens is 1. The van der Waals surface area contributed by atoms with Crippen LogP contribution >= 0.6 is 0 Å². The zero-order chi connectivity index (χ0) is 22.9. The normalized spacial score (nSPS) is 21.4. The maximum atomic E-state index is 14.4. The van der Waals surface area contributed by atoms with Gasteiger partial charge >= 0.3 is 6.01 Å². The SMILES string of the molecule is Cc1ccc(F)c(C)c1N1CCc2c(nc(OC[C@@H]3CCCN3C)nc2N2CCNCC2)C1. The van der Waals surface area contributed by atoms with E-state index in [2.05, 4.69) is 34.0 Å². The Bertz CT molecular complexity index is 1010. The van der Waals surface area contributed by atoms with E-state index in [1.54, 1.807) is 6.07 Å². The number of rotatable bonds is 5. The summed E-state index contributed by atoms with van der Waals surface area (Å²) in [4.78, 5) is 16.8. The highest BCUT2D eigenvalue weighted by Crippen LogP contribution is 2.34. The van der Waals surface area contributed by atoms with Gasteiger partial charge in [-0.1, -0.05) is 6.07 Å². The molecule has 1 aromatic carbocycles. The summed E-state index contributed by atoms with van der Waals surface area (Å²) in [6.45, 7) is 10.9. The number of aromatic nitrogens is 2. The Labute approximate surface area is 195 Å². The second-order valence-corrected chi connectivity index (χ2v) is 9.59. The third-order valence-corrected chi connectivity index (χ3v) is 7.40. The highest BCUT2D eigenvalue weighted by atomic mass is 19.1. The lowest BCUT2D eigenvalue weighted by Gasteiger charge is -2.36. The molecule has 0 amide bonds. The lowest BCUT2D eigenvalue weighted by Crippen LogP contribution is -2.45. The summed E-state index contributed by atoms with van der Waals surface area (Å²) < 4.78 is 20.6. The van der Waals surface area contributed by atoms with E-state index in [0.717, 1.165) is 74.9 Å². The van der Waals surface area contributed by atoms with Gasteiger partial charge in [0.05, 0.1) is 12.2 Å². The maximum absolute atomic E-state index is 14.4. The Morgan fingerprint density at radius 3 is 2.67 bits per heavy atom. The number of aryl methyl sites for hydroxylation is 1. The minimum absolute atomic E-state index is 0.157. The largest absolute Gasteiger partial charge is 0.462 e. The Morgan fingerprint density at radius 1 is 1.09 bits per heavy atom. The van der Waals surface area contributed by atoms with Crippen LogP contribution in [0.4, 0.5) is 15.9 Å². The van der Waals surface area contributed by atoms with Crippen LogP contribution < -0.4 is 19.9 Å². The van der Waals surface area contributed by atoms with Crippen LogP contribution in [0.2, 0.25) is 0 Å². The first-order valence-corrected chi connectivity index (χ1v) is 12.2. The Kier molecular flexibility index (Phi) is 6.38. The van der Waals surface area contributed by atoms with Crippen LogP contribution in [-0.2, 0) is 13.0 Å². The van der Waals surface area contributed by atoms with Gasteiger partial charge in [0.15, 0.2) is 0 Å². The molecule has 7 nitrogen and oxygen atoms in total. The topological polar surface area (TPSA) is 56.8 Å². The van der Waals surface area contributed by atoms with Gasteiger partial charge in [-0.3, -0.25) is 0 Å². The van der Waals surface area contributed by atoms with Crippen molar-refractivity contribution in [1.29, 1.82) is 0 Å². The molecule has 33 heavy (non-hydrogen) atoms. The number of hydrogen-bond acceptors (Lipinski definition) is 7. The fraction of sp³-hybridized carbons (Fsp3) is 0.600. The molecule has 3 aliphatic rings. The molecule has 0 saturated carbocycles. The summed E-state index contributed by atoms with van der Waals surface area (Å²) >= 11 is 0. The molecule has 8 heteroatoms. The first kappa shape index (κ1) is 22.3. The molecule has 1 atom stereocenters. The van der Waals surface area contributed by atoms with Crippen molar-refractivity contribution in [3.8, 4) is 6.01 Å². The molecule has 4 heterocycles. The van der Waals surface area contributed by atoms with Crippen molar-refractivity contribution in [3.05, 3.63) is 40.3 Å². The van der Waals surface area contributed by atoms with E-state index in [1.165, 1.54) is 12.0 Å². The van der Waals surface area contributed by atoms with Gasteiger partial charge < -0.3 is 24.8 Å². The van der Waals surface area contributed by atoms with E-state index >= 15 is 0 Å². The molecule has 1 N–H and O–H groups in total. The summed E-state index contributed by atoms with van der Waals surface area (Å²) in [6, 6.07) is 4.31. The minimum Gasteiger partial charge on any atom is -0.462 e. The molecule has 2 saturated heterocycles. The van der Waals surface area contributed by atoms with E-state index in [0.29, 0.717) is 30.8 Å². The van der Waals surface area contributed by atoms with E-state index in [1.807, 2.05) is 13.0 Å². The predicted molar refractivity (Wildman–Crippen MR) is 129 cm³/mol. The van der Waals surface area contributed by atoms with E-state index in [9.17, 15) is 4.39 Å². The second-order valence-electron chi connectivity index (χ2n) is 9.59. The van der Waals surface area contributed by atoms with Crippen LogP contribution in [-0.4, -0.2) is 73.8 Å². The van der Waals surface area contributed by atoms with Gasteiger partial charge in [0.25, 0.3) is 0 Å². The number of ether oxygens (including phenoxy) is 1. The van der Waals surface area contributed by atoms with Crippen LogP contribution in [0.1, 0.15) is 35.2 Å². The van der Waals surface area contributed by atoms with Crippen molar-refractivity contribution >= 4 is 11.5 Å². The van der Waals surface area contributed by atoms with Crippen molar-refractivity contribution in [2.45, 2.75) is 45.7 Å². The smallest absolute Gasteiger partial charge is 0.318 e. The number of piperazine rings is 1. The molecule has 1 aromatic heterocycles. The molecule has 2 aromatic rings. The van der Waals surface area contributed by atoms with Crippen LogP contribution in [0.25, 0.3) is 0 Å². The molecule has 0 unspecified atom stereocenters. The van der Waals surface area contributed by atoms with E-state index in [-0.39, 0.29) is 5.82 Å². The van der Waals surface area contributed by atoms with E-state index in [4.69, 9.17) is 14.7 Å². The fourth-order valence-electron chi connectivity index (χ4n) is 5.44. The molecular formula is C25H35FN6O. The second kappa shape index (κ2) is 9.43. The molecule has 0 aliphatic carbocycles. The van der Waals surface area contributed by atoms with Gasteiger partial charge in [-0.2, -0.15) is 9.97 Å². The number of benzene rings is 1. The van der Waals surface area contributed by atoms with Crippen molar-refractivity contribution in [2.75, 3.05) is 62.7 Å². The zero-order valence-corrected chi connectivity index (χ0v) is 20.0. The van der Waals surface area contributed by atoms with Crippen molar-refractivity contribution < 1.29 is 9.13 Å². The summed E-state index contributed by atoms with van der Waals surface area (Å²) in [5.41, 5.74) is 5.00. The van der Waals surface area contributed by atoms with Crippen LogP contribution in [0, 0.1) is 19.7 Å². The number of fused-ring (bicyclic) bond motifs is 1. The monoisotopic (exact) mass is 454 g/mol. The standard InChI is InChI=1S/C25H35FN6O/c1-17-6-7-21(26)18(2)23(17)32-12-8-20-22(15-32)28-25(33-16-19-5-4-11-30(19)3)29-24(20)31-13-9-27-10-14-31/h6-7,19,27H,4-5,8-16H2,1-3H3/t19-/m0/s1. The Hall–Kier alpha value is -2.45. The maximum Gasteiger partial charge on any atom is 0.318 e. The number of likely N-dealkylation sites (tertiary alicyclic amines) is 1. The zero-order valence-electron chi connectivity index (χ0n) is 20.0. The Balaban J connectivity index is 1.46. The summed E-state index contributed by atoms with van der Waals surface area (Å²) in [6.07, 6.45) is 3.20. The molecular weight excluding hydrogens is 419 g/mol. The molecule has 0 radical (unpaired) electrons. The lowest BCUT2D eigenvalue weighted by molar-refractivity contribution is 0.187. The van der Waals surface area contributed by atoms with Gasteiger partial charge in [0.2, 0.25) is 0 Å². The summed E-state index contributed by atoms with van der Waals surface area (Å²) in [5.74, 6) is 0.860. The molecule has 5 rings (SSSR count). The number of anilines is 2. The number of nitrogens with one attached hydrogen (secondary N) is 1. The minimum atomic E-state index is -0.157. The first-order chi connectivity index (χ1) is 16.0. The van der Waals surface area contributed by atoms with Gasteiger partial charge in [-0.25, -0.2) is 4.39 Å². The number of likely N-dealkylation sites (N-methyl/N-ethyl adjacent to an activating group) is 1. The van der Waals surface area contributed by atoms with Crippen LogP contribution in [0.15, 0.2) is 12.1 Å². The lowest BCUT2D eigenvalue weighted by atomic mass is 10.0. The van der Waals surface area contributed by atoms with Crippen LogP contribution in [0.5, 0.6) is 6.01 Å². The average molecular weight is 455 g/mol. The van der Waals surface area contributed by atoms with Crippen molar-refractivity contribution in [3.63, 3.8) is 0 Å². The highest BCUT2D eigenvalue weighted by molar-refractivity contribution is 5.62. The summed E-state index contributed by atoms with van der Waals surface area (Å²) in [5, 5.41) is 3.43. The molecule has 0 spiro atoms. The summed E-state index contributed by atoms with van der Waals surface area (Å²) in [7, 11) is 2.16. The van der Waals surface area contributed by atoms with Crippen molar-refractivity contribution in [2.24, 2.45) is 0 Å². The fourth-order valence-corrected chi connectivity index (χ4v) is 5.44. The molecule has 178 valence electrons. The third kappa shape index (κ3) is 4.51. The Morgan fingerprint density at radius 2 is 1.91 bits per heavy atom. The molecule has 3 aliphatic heterocycles. The predicted octanol–water partition coefficient (Wildman–Crippen LogP) is 2.68.